The number of hydrogen-bond acceptors (Lipinski definition) is 7. The lowest BCUT2D eigenvalue weighted by molar-refractivity contribution is -0.115. The number of nitrogens with zero attached hydrogens (tertiary/aromatic N) is 3. The van der Waals surface area contributed by atoms with E-state index in [1.807, 2.05) is 18.2 Å². The number of ether oxygens (including phenoxy) is 2. The molecule has 0 fully saturated rings. The quantitative estimate of drug-likeness (QED) is 0.352. The van der Waals surface area contributed by atoms with E-state index in [2.05, 4.69) is 22.3 Å². The van der Waals surface area contributed by atoms with Gasteiger partial charge in [-0.3, -0.25) is 4.79 Å². The van der Waals surface area contributed by atoms with E-state index in [9.17, 15) is 4.79 Å². The smallest absolute Gasteiger partial charge is 0.248 e. The summed E-state index contributed by atoms with van der Waals surface area (Å²) in [5.41, 5.74) is 8.45. The van der Waals surface area contributed by atoms with Gasteiger partial charge in [-0.2, -0.15) is 4.98 Å². The van der Waals surface area contributed by atoms with E-state index in [-0.39, 0.29) is 6.61 Å². The van der Waals surface area contributed by atoms with Crippen molar-refractivity contribution in [2.45, 2.75) is 38.1 Å². The molecule has 1 aliphatic rings. The van der Waals surface area contributed by atoms with Gasteiger partial charge in [0.15, 0.2) is 11.5 Å². The van der Waals surface area contributed by atoms with Gasteiger partial charge in [-0.25, -0.2) is 4.68 Å². The minimum atomic E-state index is -0.565. The molecule has 0 saturated carbocycles. The van der Waals surface area contributed by atoms with Crippen LogP contribution in [-0.4, -0.2) is 33.5 Å². The van der Waals surface area contributed by atoms with Gasteiger partial charge in [-0.05, 0) is 48.7 Å². The number of amides is 1. The van der Waals surface area contributed by atoms with Crippen LogP contribution in [0.15, 0.2) is 52.8 Å². The van der Waals surface area contributed by atoms with Crippen LogP contribution in [0.2, 0.25) is 10.0 Å². The molecule has 1 unspecified atom stereocenters. The third kappa shape index (κ3) is 5.37. The number of carbonyl (C=O) groups is 1. The maximum atomic E-state index is 12.5. The lowest BCUT2D eigenvalue weighted by Crippen LogP contribution is -2.31. The molecule has 11 heteroatoms. The number of carbonyl (C=O) groups excluding carboxylic acids is 1. The molecule has 8 nitrogen and oxygen atoms in total. The zero-order chi connectivity index (χ0) is 25.1. The molecular weight excluding hydrogens is 509 g/mol. The van der Waals surface area contributed by atoms with Gasteiger partial charge >= 0.3 is 0 Å². The maximum Gasteiger partial charge on any atom is 0.248 e. The standard InChI is InChI=1S/C24H25Cl2N5O3S/c1-4-9-35-24-29-23-28-13(2)20(22(27)32)21(31(23)30-24)15-6-8-18(19(11-15)33-3)34-12-14-5-7-16(25)17(26)10-14/h5-8,10-11,21H,4,9,12H2,1-3H3,(H2,27,32)(H,28,29,30). The molecule has 0 spiro atoms. The first kappa shape index (κ1) is 25.2. The summed E-state index contributed by atoms with van der Waals surface area (Å²) in [5.74, 6) is 1.94. The summed E-state index contributed by atoms with van der Waals surface area (Å²) in [6.45, 7) is 4.17. The van der Waals surface area contributed by atoms with E-state index in [1.54, 1.807) is 48.7 Å². The van der Waals surface area contributed by atoms with Gasteiger partial charge < -0.3 is 20.5 Å². The monoisotopic (exact) mass is 533 g/mol. The SMILES string of the molecule is CCCSc1nc2n(n1)C(c1ccc(OCc3ccc(Cl)c(Cl)c3)c(OC)c1)C(C(N)=O)=C(C)N2. The first-order chi connectivity index (χ1) is 16.8. The molecule has 35 heavy (non-hydrogen) atoms. The third-order valence-electron chi connectivity index (χ3n) is 5.42. The van der Waals surface area contributed by atoms with Crippen LogP contribution in [0.5, 0.6) is 11.5 Å². The third-order valence-corrected chi connectivity index (χ3v) is 7.20. The van der Waals surface area contributed by atoms with Crippen molar-refractivity contribution in [1.29, 1.82) is 0 Å². The van der Waals surface area contributed by atoms with Gasteiger partial charge in [0.2, 0.25) is 17.0 Å². The highest BCUT2D eigenvalue weighted by Gasteiger charge is 2.33. The highest BCUT2D eigenvalue weighted by Crippen LogP contribution is 2.39. The minimum Gasteiger partial charge on any atom is -0.493 e. The predicted octanol–water partition coefficient (Wildman–Crippen LogP) is 5.45. The van der Waals surface area contributed by atoms with Crippen molar-refractivity contribution < 1.29 is 14.3 Å². The van der Waals surface area contributed by atoms with Crippen LogP contribution in [0.25, 0.3) is 0 Å². The highest BCUT2D eigenvalue weighted by atomic mass is 35.5. The van der Waals surface area contributed by atoms with Gasteiger partial charge in [-0.15, -0.1) is 5.10 Å². The van der Waals surface area contributed by atoms with Crippen LogP contribution in [-0.2, 0) is 11.4 Å². The highest BCUT2D eigenvalue weighted by molar-refractivity contribution is 7.99. The summed E-state index contributed by atoms with van der Waals surface area (Å²) in [6, 6.07) is 10.2. The number of nitrogens with one attached hydrogen (secondary N) is 1. The molecule has 1 atom stereocenters. The zero-order valence-corrected chi connectivity index (χ0v) is 21.8. The molecule has 0 bridgehead atoms. The van der Waals surface area contributed by atoms with E-state index in [1.165, 1.54) is 0 Å². The number of anilines is 1. The average molecular weight is 534 g/mol. The molecule has 1 aliphatic heterocycles. The summed E-state index contributed by atoms with van der Waals surface area (Å²) >= 11 is 13.7. The predicted molar refractivity (Wildman–Crippen MR) is 138 cm³/mol. The lowest BCUT2D eigenvalue weighted by Gasteiger charge is -2.28. The summed E-state index contributed by atoms with van der Waals surface area (Å²) < 4.78 is 13.3. The second kappa shape index (κ2) is 10.8. The number of rotatable bonds is 9. The summed E-state index contributed by atoms with van der Waals surface area (Å²) in [5, 5.41) is 9.38. The second-order valence-corrected chi connectivity index (χ2v) is 9.77. The fourth-order valence-electron chi connectivity index (χ4n) is 3.78. The van der Waals surface area contributed by atoms with Gasteiger partial charge in [0, 0.05) is 11.4 Å². The molecule has 1 amide bonds. The topological polar surface area (TPSA) is 104 Å². The molecule has 184 valence electrons. The van der Waals surface area contributed by atoms with Crippen LogP contribution in [0, 0.1) is 0 Å². The van der Waals surface area contributed by atoms with E-state index in [0.717, 1.165) is 23.3 Å². The van der Waals surface area contributed by atoms with Crippen molar-refractivity contribution in [2.24, 2.45) is 5.73 Å². The number of aromatic nitrogens is 3. The fourth-order valence-corrected chi connectivity index (χ4v) is 4.78. The van der Waals surface area contributed by atoms with Crippen molar-refractivity contribution in [3.8, 4) is 11.5 Å². The normalized spacial score (nSPS) is 14.9. The average Bonchev–Trinajstić information content (AvgIpc) is 3.24. The fraction of sp³-hybridized carbons (Fsp3) is 0.292. The Hall–Kier alpha value is -2.88. The lowest BCUT2D eigenvalue weighted by atomic mass is 9.95. The number of methoxy groups -OCH3 is 1. The molecule has 0 saturated heterocycles. The van der Waals surface area contributed by atoms with Crippen molar-refractivity contribution in [3.05, 3.63) is 68.8 Å². The minimum absolute atomic E-state index is 0.275. The van der Waals surface area contributed by atoms with E-state index in [0.29, 0.717) is 43.9 Å². The largest absolute Gasteiger partial charge is 0.493 e. The number of halogens is 2. The van der Waals surface area contributed by atoms with Gasteiger partial charge in [0.25, 0.3) is 0 Å². The number of hydrogen-bond donors (Lipinski definition) is 2. The molecule has 3 N–H and O–H groups in total. The van der Waals surface area contributed by atoms with Gasteiger partial charge in [0.1, 0.15) is 12.6 Å². The molecule has 4 rings (SSSR count). The maximum absolute atomic E-state index is 12.5. The number of thioether (sulfide) groups is 1. The molecule has 1 aromatic heterocycles. The molecule has 0 aliphatic carbocycles. The number of primary amides is 1. The first-order valence-electron chi connectivity index (χ1n) is 10.9. The Labute approximate surface area is 217 Å². The number of allylic oxidation sites excluding steroid dienone is 1. The van der Waals surface area contributed by atoms with Gasteiger partial charge in [0.05, 0.1) is 22.7 Å². The van der Waals surface area contributed by atoms with E-state index >= 15 is 0 Å². The molecule has 3 aromatic rings. The molecule has 0 radical (unpaired) electrons. The molecule has 2 aromatic carbocycles. The van der Waals surface area contributed by atoms with Crippen molar-refractivity contribution in [2.75, 3.05) is 18.2 Å². The zero-order valence-electron chi connectivity index (χ0n) is 19.5. The van der Waals surface area contributed by atoms with Crippen molar-refractivity contribution in [3.63, 3.8) is 0 Å². The van der Waals surface area contributed by atoms with Crippen LogP contribution in [0.4, 0.5) is 5.95 Å². The Morgan fingerprint density at radius 3 is 2.69 bits per heavy atom. The van der Waals surface area contributed by atoms with Crippen LogP contribution in [0.1, 0.15) is 37.4 Å². The Bertz CT molecular complexity index is 1290. The number of nitrogens with two attached hydrogens (primary N) is 1. The van der Waals surface area contributed by atoms with Crippen molar-refractivity contribution >= 4 is 46.8 Å². The summed E-state index contributed by atoms with van der Waals surface area (Å²) in [4.78, 5) is 17.0. The molecular formula is C24H25Cl2N5O3S. The van der Waals surface area contributed by atoms with Crippen molar-refractivity contribution in [1.82, 2.24) is 14.8 Å². The van der Waals surface area contributed by atoms with Crippen LogP contribution in [0.3, 0.4) is 0 Å². The van der Waals surface area contributed by atoms with Gasteiger partial charge in [-0.1, -0.05) is 54.0 Å². The first-order valence-corrected chi connectivity index (χ1v) is 12.7. The number of fused-ring (bicyclic) bond motifs is 1. The van der Waals surface area contributed by atoms with Crippen LogP contribution >= 0.6 is 35.0 Å². The Morgan fingerprint density at radius 1 is 1.20 bits per heavy atom. The Morgan fingerprint density at radius 2 is 2.00 bits per heavy atom. The summed E-state index contributed by atoms with van der Waals surface area (Å²) in [6.07, 6.45) is 0.996. The molecule has 2 heterocycles. The second-order valence-electron chi connectivity index (χ2n) is 7.89. The van der Waals surface area contributed by atoms with Crippen LogP contribution < -0.4 is 20.5 Å². The Balaban J connectivity index is 1.67. The van der Waals surface area contributed by atoms with E-state index in [4.69, 9.17) is 38.4 Å². The Kier molecular flexibility index (Phi) is 7.78. The number of benzene rings is 2. The summed E-state index contributed by atoms with van der Waals surface area (Å²) in [7, 11) is 1.56. The van der Waals surface area contributed by atoms with E-state index < -0.39 is 11.9 Å².